The first kappa shape index (κ1) is 29.4. The molecule has 1 spiro atoms. The maximum Gasteiger partial charge on any atom is 0.356 e. The second-order valence-corrected chi connectivity index (χ2v) is 13.2. The number of likely N-dealkylation sites (N-methyl/N-ethyl adjacent to an activating group) is 1. The molecule has 0 unspecified atom stereocenters. The Kier molecular flexibility index (Phi) is 7.34. The van der Waals surface area contributed by atoms with Crippen LogP contribution in [0.3, 0.4) is 0 Å². The van der Waals surface area contributed by atoms with E-state index >= 15 is 0 Å². The van der Waals surface area contributed by atoms with Crippen LogP contribution in [0, 0.1) is 11.3 Å². The van der Waals surface area contributed by atoms with Gasteiger partial charge in [-0.2, -0.15) is 15.3 Å². The van der Waals surface area contributed by atoms with Gasteiger partial charge in [-0.3, -0.25) is 4.90 Å². The number of hydrogen-bond donors (Lipinski definition) is 2. The summed E-state index contributed by atoms with van der Waals surface area (Å²) in [5, 5.41) is 28.9. The molecular formula is C31H34N8O5S. The van der Waals surface area contributed by atoms with Gasteiger partial charge in [0.15, 0.2) is 11.5 Å². The summed E-state index contributed by atoms with van der Waals surface area (Å²) < 4.78 is 19.7. The van der Waals surface area contributed by atoms with E-state index in [1.807, 2.05) is 14.0 Å². The molecule has 0 amide bonds. The third kappa shape index (κ3) is 4.77. The number of anilines is 1. The van der Waals surface area contributed by atoms with E-state index in [2.05, 4.69) is 21.2 Å². The number of nitrogens with zero attached hydrogens (tertiary/aromatic N) is 7. The number of thiophene rings is 1. The number of methoxy groups -OCH3 is 1. The van der Waals surface area contributed by atoms with Crippen molar-refractivity contribution in [2.75, 3.05) is 26.4 Å². The molecule has 14 heteroatoms. The van der Waals surface area contributed by atoms with Crippen LogP contribution < -0.4 is 10.5 Å². The Bertz CT molecular complexity index is 1820. The summed E-state index contributed by atoms with van der Waals surface area (Å²) in [6.07, 6.45) is 7.28. The first-order valence-corrected chi connectivity index (χ1v) is 15.9. The molecule has 1 fully saturated rings. The van der Waals surface area contributed by atoms with Crippen molar-refractivity contribution in [2.24, 2.45) is 0 Å². The van der Waals surface area contributed by atoms with Gasteiger partial charge < -0.3 is 24.8 Å². The van der Waals surface area contributed by atoms with Gasteiger partial charge >= 0.3 is 5.97 Å². The first-order valence-electron chi connectivity index (χ1n) is 15.1. The number of hydrogen-bond acceptors (Lipinski definition) is 12. The highest BCUT2D eigenvalue weighted by atomic mass is 32.1. The Morgan fingerprint density at radius 2 is 2.11 bits per heavy atom. The van der Waals surface area contributed by atoms with Gasteiger partial charge in [-0.15, -0.1) is 11.3 Å². The molecule has 3 aliphatic rings. The van der Waals surface area contributed by atoms with E-state index in [1.54, 1.807) is 13.2 Å². The van der Waals surface area contributed by atoms with Gasteiger partial charge in [-0.05, 0) is 70.5 Å². The normalized spacial score (nSPS) is 23.4. The van der Waals surface area contributed by atoms with Crippen LogP contribution in [0.5, 0.6) is 5.88 Å². The quantitative estimate of drug-likeness (QED) is 0.301. The Morgan fingerprint density at radius 1 is 1.31 bits per heavy atom. The van der Waals surface area contributed by atoms with E-state index in [9.17, 15) is 15.2 Å². The zero-order valence-corrected chi connectivity index (χ0v) is 26.1. The fourth-order valence-electron chi connectivity index (χ4n) is 7.60. The monoisotopic (exact) mass is 630 g/mol. The van der Waals surface area contributed by atoms with Crippen LogP contribution in [0.15, 0.2) is 22.9 Å². The highest BCUT2D eigenvalue weighted by Gasteiger charge is 2.48. The number of aryl methyl sites for hydroxylation is 1. The number of carboxylic acids is 1. The van der Waals surface area contributed by atoms with Gasteiger partial charge in [0, 0.05) is 41.8 Å². The van der Waals surface area contributed by atoms with Crippen molar-refractivity contribution < 1.29 is 23.9 Å². The third-order valence-corrected chi connectivity index (χ3v) is 10.6. The van der Waals surface area contributed by atoms with Crippen LogP contribution >= 0.6 is 11.3 Å². The number of carbonyl (C=O) groups is 1. The number of ether oxygens (including phenoxy) is 2. The topological polar surface area (TPSA) is 178 Å². The summed E-state index contributed by atoms with van der Waals surface area (Å²) in [6, 6.07) is 5.41. The van der Waals surface area contributed by atoms with Gasteiger partial charge in [0.25, 0.3) is 0 Å². The molecule has 13 nitrogen and oxygen atoms in total. The number of carboxylic acid groups (broad SMARTS) is 1. The maximum atomic E-state index is 11.6. The molecule has 5 heterocycles. The molecule has 0 saturated carbocycles. The standard InChI is InChI=1S/C31H34N8O5S/c1-16(25-20(42-3)9-12-38(25)2)43-23-14-22(39-13-8-19(36-39)30(40)41)34-29(35-23)26-17-6-4-10-31(27(17)37-44-26)11-5-7-21-24(31)18(15-32)28(33)45-21/h8,13-14,16,20,25H,4-7,9-12,33H2,1-3H3,(H,40,41)/t16-,20-,25+,31-/m0/s1. The molecule has 1 aliphatic heterocycles. The van der Waals surface area contributed by atoms with E-state index in [4.69, 9.17) is 29.7 Å². The highest BCUT2D eigenvalue weighted by molar-refractivity contribution is 7.16. The Morgan fingerprint density at radius 3 is 2.84 bits per heavy atom. The molecule has 0 aromatic carbocycles. The molecule has 4 aromatic rings. The van der Waals surface area contributed by atoms with E-state index in [0.29, 0.717) is 28.6 Å². The molecule has 3 N–H and O–H groups in total. The summed E-state index contributed by atoms with van der Waals surface area (Å²) in [5.74, 6) is 0.159. The molecule has 234 valence electrons. The summed E-state index contributed by atoms with van der Waals surface area (Å²) in [5.41, 5.74) is 9.01. The third-order valence-electron chi connectivity index (χ3n) is 9.56. The Labute approximate surface area is 263 Å². The van der Waals surface area contributed by atoms with Crippen molar-refractivity contribution >= 4 is 22.3 Å². The lowest BCUT2D eigenvalue weighted by atomic mass is 9.62. The SMILES string of the molecule is CO[C@H]1CCN(C)[C@@H]1[C@H](C)Oc1cc(-n2ccc(C(=O)O)n2)nc(-c2onc3c2CCC[C@@]32CCCc3sc(N)c(C#N)c32)n1. The van der Waals surface area contributed by atoms with Crippen LogP contribution in [0.25, 0.3) is 17.4 Å². The summed E-state index contributed by atoms with van der Waals surface area (Å²) in [7, 11) is 3.75. The number of likely N-dealkylation sites (tertiary alicyclic amines) is 1. The van der Waals surface area contributed by atoms with Gasteiger partial charge in [0.05, 0.1) is 23.4 Å². The summed E-state index contributed by atoms with van der Waals surface area (Å²) >= 11 is 1.50. The van der Waals surface area contributed by atoms with Crippen molar-refractivity contribution in [1.82, 2.24) is 29.8 Å². The lowest BCUT2D eigenvalue weighted by Crippen LogP contribution is -2.44. The Balaban J connectivity index is 1.33. The summed E-state index contributed by atoms with van der Waals surface area (Å²) in [6.45, 7) is 2.87. The second kappa shape index (κ2) is 11.2. The number of nitrogen functional groups attached to an aromatic ring is 1. The number of aromatic nitrogens is 5. The molecular weight excluding hydrogens is 596 g/mol. The predicted octanol–water partition coefficient (Wildman–Crippen LogP) is 3.98. The first-order chi connectivity index (χ1) is 21.7. The molecule has 1 saturated heterocycles. The van der Waals surface area contributed by atoms with Crippen molar-refractivity contribution in [3.8, 4) is 29.4 Å². The molecule has 0 bridgehead atoms. The zero-order valence-electron chi connectivity index (χ0n) is 25.3. The average molecular weight is 631 g/mol. The lowest BCUT2D eigenvalue weighted by Gasteiger charge is -2.39. The van der Waals surface area contributed by atoms with Crippen molar-refractivity contribution in [2.45, 2.75) is 75.5 Å². The van der Waals surface area contributed by atoms with Crippen molar-refractivity contribution in [3.63, 3.8) is 0 Å². The largest absolute Gasteiger partial charge is 0.476 e. The number of nitriles is 1. The maximum absolute atomic E-state index is 11.6. The van der Waals surface area contributed by atoms with Gasteiger partial charge in [0.2, 0.25) is 17.5 Å². The molecule has 0 radical (unpaired) electrons. The number of nitrogens with two attached hydrogens (primary N) is 1. The van der Waals surface area contributed by atoms with E-state index < -0.39 is 11.4 Å². The van der Waals surface area contributed by atoms with E-state index in [1.165, 1.54) is 28.3 Å². The van der Waals surface area contributed by atoms with Crippen LogP contribution in [-0.4, -0.2) is 79.8 Å². The minimum Gasteiger partial charge on any atom is -0.476 e. The number of fused-ring (bicyclic) bond motifs is 4. The van der Waals surface area contributed by atoms with Crippen LogP contribution in [-0.2, 0) is 23.0 Å². The number of rotatable bonds is 7. The predicted molar refractivity (Wildman–Crippen MR) is 164 cm³/mol. The van der Waals surface area contributed by atoms with Crippen LogP contribution in [0.2, 0.25) is 0 Å². The van der Waals surface area contributed by atoms with Gasteiger partial charge in [0.1, 0.15) is 17.2 Å². The van der Waals surface area contributed by atoms with Crippen molar-refractivity contribution in [3.05, 3.63) is 51.3 Å². The van der Waals surface area contributed by atoms with E-state index in [-0.39, 0.29) is 35.6 Å². The molecule has 4 atom stereocenters. The minimum atomic E-state index is -1.14. The van der Waals surface area contributed by atoms with Crippen LogP contribution in [0.1, 0.15) is 76.8 Å². The lowest BCUT2D eigenvalue weighted by molar-refractivity contribution is 0.0174. The second-order valence-electron chi connectivity index (χ2n) is 12.1. The average Bonchev–Trinajstić information content (AvgIpc) is 3.82. The van der Waals surface area contributed by atoms with Gasteiger partial charge in [-0.1, -0.05) is 5.16 Å². The number of aromatic carboxylic acids is 1. The summed E-state index contributed by atoms with van der Waals surface area (Å²) in [4.78, 5) is 24.5. The minimum absolute atomic E-state index is 0.00551. The fraction of sp³-hybridized carbons (Fsp3) is 0.484. The van der Waals surface area contributed by atoms with Gasteiger partial charge in [-0.25, -0.2) is 14.5 Å². The zero-order chi connectivity index (χ0) is 31.5. The highest BCUT2D eigenvalue weighted by Crippen LogP contribution is 2.54. The molecule has 45 heavy (non-hydrogen) atoms. The fourth-order valence-corrected chi connectivity index (χ4v) is 8.76. The molecule has 4 aromatic heterocycles. The smallest absolute Gasteiger partial charge is 0.356 e. The Hall–Kier alpha value is -4.32. The van der Waals surface area contributed by atoms with E-state index in [0.717, 1.165) is 66.8 Å². The molecule has 7 rings (SSSR count). The molecule has 2 aliphatic carbocycles. The van der Waals surface area contributed by atoms with Crippen LogP contribution in [0.4, 0.5) is 5.00 Å². The van der Waals surface area contributed by atoms with Crippen molar-refractivity contribution in [1.29, 1.82) is 5.26 Å².